The molecule has 4 rings (SSSR count). The zero-order chi connectivity index (χ0) is 21.2. The monoisotopic (exact) mass is 420 g/mol. The molecule has 3 aromatic heterocycles. The van der Waals surface area contributed by atoms with Crippen LogP contribution in [0.5, 0.6) is 0 Å². The molecular formula is C20H16F4N4S. The quantitative estimate of drug-likeness (QED) is 0.393. The fraction of sp³-hybridized carbons (Fsp3) is 0.150. The maximum Gasteiger partial charge on any atom is 0.417 e. The van der Waals surface area contributed by atoms with Crippen LogP contribution < -0.4 is 5.73 Å². The van der Waals surface area contributed by atoms with Gasteiger partial charge < -0.3 is 5.73 Å². The first-order chi connectivity index (χ1) is 13.9. The number of nitrogens with zero attached hydrogens (tertiary/aromatic N) is 3. The smallest absolute Gasteiger partial charge is 0.383 e. The molecule has 2 N–H and O–H groups in total. The highest BCUT2D eigenvalue weighted by Crippen LogP contribution is 2.43. The van der Waals surface area contributed by atoms with Crippen LogP contribution in [0.25, 0.3) is 32.5 Å². The average molecular weight is 420 g/mol. The molecule has 0 bridgehead atoms. The number of nitrogens with two attached hydrogens (primary N) is 1. The summed E-state index contributed by atoms with van der Waals surface area (Å²) in [6, 6.07) is 4.31. The van der Waals surface area contributed by atoms with Gasteiger partial charge in [0.05, 0.1) is 15.8 Å². The first-order valence-electron chi connectivity index (χ1n) is 8.65. The number of halogens is 4. The number of thiophene rings is 1. The Bertz CT molecular complexity index is 1150. The van der Waals surface area contributed by atoms with E-state index in [0.29, 0.717) is 27.4 Å². The summed E-state index contributed by atoms with van der Waals surface area (Å²) in [7, 11) is 0. The first kappa shape index (κ1) is 20.7. The summed E-state index contributed by atoms with van der Waals surface area (Å²) in [6.07, 6.45) is -0.362. The summed E-state index contributed by atoms with van der Waals surface area (Å²) in [6.45, 7) is 4.00. The van der Waals surface area contributed by atoms with Crippen LogP contribution in [0.15, 0.2) is 48.4 Å². The number of pyridine rings is 1. The van der Waals surface area contributed by atoms with Gasteiger partial charge in [-0.25, -0.2) is 14.4 Å². The second-order valence-electron chi connectivity index (χ2n) is 5.69. The van der Waals surface area contributed by atoms with Crippen molar-refractivity contribution < 1.29 is 17.6 Å². The number of hydrogen-bond acceptors (Lipinski definition) is 5. The highest BCUT2D eigenvalue weighted by Gasteiger charge is 2.35. The Hall–Kier alpha value is -3.07. The maximum atomic E-state index is 13.4. The molecule has 4 aromatic rings. The van der Waals surface area contributed by atoms with Crippen molar-refractivity contribution in [1.82, 2.24) is 15.0 Å². The minimum absolute atomic E-state index is 0.128. The van der Waals surface area contributed by atoms with Gasteiger partial charge >= 0.3 is 6.18 Å². The van der Waals surface area contributed by atoms with E-state index in [4.69, 9.17) is 5.73 Å². The number of hydrogen-bond donors (Lipinski definition) is 1. The minimum atomic E-state index is -4.69. The topological polar surface area (TPSA) is 64.7 Å². The molecule has 0 amide bonds. The molecule has 0 saturated heterocycles. The molecular weight excluding hydrogens is 404 g/mol. The Morgan fingerprint density at radius 2 is 1.72 bits per heavy atom. The molecule has 0 spiro atoms. The Morgan fingerprint density at radius 3 is 2.41 bits per heavy atom. The molecule has 1 aromatic carbocycles. The Kier molecular flexibility index (Phi) is 5.78. The van der Waals surface area contributed by atoms with Gasteiger partial charge in [-0.05, 0) is 23.8 Å². The van der Waals surface area contributed by atoms with Crippen LogP contribution in [0.2, 0.25) is 0 Å². The third-order valence-corrected chi connectivity index (χ3v) is 5.07. The van der Waals surface area contributed by atoms with E-state index in [1.807, 2.05) is 13.8 Å². The van der Waals surface area contributed by atoms with E-state index in [9.17, 15) is 17.6 Å². The van der Waals surface area contributed by atoms with Crippen molar-refractivity contribution in [3.8, 4) is 22.3 Å². The summed E-state index contributed by atoms with van der Waals surface area (Å²) in [4.78, 5) is 12.1. The zero-order valence-corrected chi connectivity index (χ0v) is 16.3. The number of aromatic nitrogens is 3. The fourth-order valence-electron chi connectivity index (χ4n) is 2.87. The highest BCUT2D eigenvalue weighted by atomic mass is 32.1. The van der Waals surface area contributed by atoms with Crippen LogP contribution >= 0.6 is 11.3 Å². The van der Waals surface area contributed by atoms with E-state index in [2.05, 4.69) is 15.0 Å². The van der Waals surface area contributed by atoms with Gasteiger partial charge in [0.2, 0.25) is 0 Å². The lowest BCUT2D eigenvalue weighted by atomic mass is 9.99. The van der Waals surface area contributed by atoms with Crippen LogP contribution in [0.1, 0.15) is 19.4 Å². The predicted octanol–water partition coefficient (Wildman–Crippen LogP) is 6.19. The standard InChI is InChI=1S/C18H10F4N4S.C2H6/c19-9-1-2-10(14(5-9)18(20,21)22)13-7-27-16-11(3-4-25-15(13)16)12-6-24-8-26-17(12)23;1-2/h1-8H,(H2,23,24,26);1-2H3. The van der Waals surface area contributed by atoms with Gasteiger partial charge in [0.25, 0.3) is 0 Å². The summed E-state index contributed by atoms with van der Waals surface area (Å²) < 4.78 is 54.3. The normalized spacial score (nSPS) is 11.2. The number of alkyl halides is 3. The summed E-state index contributed by atoms with van der Waals surface area (Å²) in [5.74, 6) is -0.696. The van der Waals surface area contributed by atoms with Gasteiger partial charge in [-0.2, -0.15) is 13.2 Å². The van der Waals surface area contributed by atoms with E-state index >= 15 is 0 Å². The van der Waals surface area contributed by atoms with Crippen molar-refractivity contribution in [3.05, 3.63) is 59.7 Å². The van der Waals surface area contributed by atoms with Gasteiger partial charge in [0.15, 0.2) is 0 Å². The fourth-order valence-corrected chi connectivity index (χ4v) is 3.92. The van der Waals surface area contributed by atoms with Crippen molar-refractivity contribution in [3.63, 3.8) is 0 Å². The lowest BCUT2D eigenvalue weighted by Gasteiger charge is -2.12. The van der Waals surface area contributed by atoms with E-state index in [1.54, 1.807) is 11.4 Å². The van der Waals surface area contributed by atoms with Crippen molar-refractivity contribution in [1.29, 1.82) is 0 Å². The van der Waals surface area contributed by atoms with Crippen molar-refractivity contribution in [2.75, 3.05) is 5.73 Å². The molecule has 0 unspecified atom stereocenters. The van der Waals surface area contributed by atoms with E-state index < -0.39 is 17.6 Å². The highest BCUT2D eigenvalue weighted by molar-refractivity contribution is 7.18. The van der Waals surface area contributed by atoms with Crippen LogP contribution in [0, 0.1) is 5.82 Å². The minimum Gasteiger partial charge on any atom is -0.383 e. The molecule has 29 heavy (non-hydrogen) atoms. The summed E-state index contributed by atoms with van der Waals surface area (Å²) >= 11 is 1.23. The molecule has 3 heterocycles. The number of nitrogen functional groups attached to an aromatic ring is 1. The van der Waals surface area contributed by atoms with Crippen LogP contribution in [0.3, 0.4) is 0 Å². The van der Waals surface area contributed by atoms with Crippen molar-refractivity contribution in [2.24, 2.45) is 0 Å². The van der Waals surface area contributed by atoms with Crippen molar-refractivity contribution in [2.45, 2.75) is 20.0 Å². The van der Waals surface area contributed by atoms with Gasteiger partial charge in [-0.3, -0.25) is 4.98 Å². The molecule has 0 fully saturated rings. The Balaban J connectivity index is 0.00000117. The zero-order valence-electron chi connectivity index (χ0n) is 15.5. The number of rotatable bonds is 2. The van der Waals surface area contributed by atoms with Gasteiger partial charge in [-0.15, -0.1) is 11.3 Å². The molecule has 150 valence electrons. The molecule has 4 nitrogen and oxygen atoms in total. The first-order valence-corrected chi connectivity index (χ1v) is 9.53. The second-order valence-corrected chi connectivity index (χ2v) is 6.57. The molecule has 0 aliphatic heterocycles. The Morgan fingerprint density at radius 1 is 0.966 bits per heavy atom. The molecule has 9 heteroatoms. The lowest BCUT2D eigenvalue weighted by molar-refractivity contribution is -0.137. The Labute approximate surface area is 168 Å². The predicted molar refractivity (Wildman–Crippen MR) is 107 cm³/mol. The average Bonchev–Trinajstić information content (AvgIpc) is 3.13. The second kappa shape index (κ2) is 8.12. The van der Waals surface area contributed by atoms with Crippen LogP contribution in [0.4, 0.5) is 23.4 Å². The third kappa shape index (κ3) is 3.91. The SMILES string of the molecule is CC.Nc1ncncc1-c1ccnc2c(-c3ccc(F)cc3C(F)(F)F)csc12. The van der Waals surface area contributed by atoms with Gasteiger partial charge in [0.1, 0.15) is 18.0 Å². The lowest BCUT2D eigenvalue weighted by Crippen LogP contribution is -2.07. The molecule has 0 aliphatic rings. The number of benzene rings is 1. The molecule has 0 saturated carbocycles. The molecule has 0 aliphatic carbocycles. The van der Waals surface area contributed by atoms with Crippen LogP contribution in [-0.4, -0.2) is 15.0 Å². The molecule has 0 atom stereocenters. The maximum absolute atomic E-state index is 13.4. The third-order valence-electron chi connectivity index (χ3n) is 4.06. The number of fused-ring (bicyclic) bond motifs is 1. The van der Waals surface area contributed by atoms with Gasteiger partial charge in [-0.1, -0.05) is 19.9 Å². The summed E-state index contributed by atoms with van der Waals surface area (Å²) in [5, 5.41) is 1.57. The molecule has 0 radical (unpaired) electrons. The van der Waals surface area contributed by atoms with E-state index in [1.165, 1.54) is 30.1 Å². The van der Waals surface area contributed by atoms with E-state index in [-0.39, 0.29) is 16.9 Å². The van der Waals surface area contributed by atoms with Crippen LogP contribution in [-0.2, 0) is 6.18 Å². The largest absolute Gasteiger partial charge is 0.417 e. The number of anilines is 1. The summed E-state index contributed by atoms with van der Waals surface area (Å²) in [5.41, 5.74) is 6.61. The van der Waals surface area contributed by atoms with E-state index in [0.717, 1.165) is 12.1 Å². The van der Waals surface area contributed by atoms with Crippen molar-refractivity contribution >= 4 is 27.4 Å². The van der Waals surface area contributed by atoms with Gasteiger partial charge in [0, 0.05) is 34.5 Å².